The van der Waals surface area contributed by atoms with Crippen molar-refractivity contribution in [1.29, 1.82) is 0 Å². The van der Waals surface area contributed by atoms with Gasteiger partial charge in [-0.2, -0.15) is 4.99 Å². The highest BCUT2D eigenvalue weighted by Crippen LogP contribution is 2.18. The third kappa shape index (κ3) is 13.1. The van der Waals surface area contributed by atoms with Crippen LogP contribution in [0.2, 0.25) is 0 Å². The molecule has 0 amide bonds. The molecule has 0 aliphatic heterocycles. The summed E-state index contributed by atoms with van der Waals surface area (Å²) < 4.78 is 5.76. The molecule has 0 aliphatic rings. The van der Waals surface area contributed by atoms with Crippen molar-refractivity contribution < 1.29 is 4.74 Å². The standard InChI is InChI=1S/C23H37NOS/c1-2-3-4-5-6-7-8-9-10-11-12-13-14-15-20-25-23-18-16-22(17-19-23)24-21-26/h16-19H,2-15,20H2,1H3. The second-order valence-corrected chi connectivity index (χ2v) is 7.32. The summed E-state index contributed by atoms with van der Waals surface area (Å²) in [5.41, 5.74) is 0.823. The summed E-state index contributed by atoms with van der Waals surface area (Å²) in [5, 5.41) is 2.37. The molecule has 0 heterocycles. The second kappa shape index (κ2) is 17.2. The van der Waals surface area contributed by atoms with Gasteiger partial charge in [0.2, 0.25) is 0 Å². The Morgan fingerprint density at radius 1 is 0.731 bits per heavy atom. The zero-order valence-electron chi connectivity index (χ0n) is 16.7. The molecule has 0 saturated carbocycles. The maximum Gasteiger partial charge on any atom is 0.119 e. The summed E-state index contributed by atoms with van der Waals surface area (Å²) in [6, 6.07) is 7.68. The van der Waals surface area contributed by atoms with Gasteiger partial charge in [0.25, 0.3) is 0 Å². The molecule has 0 radical (unpaired) electrons. The minimum atomic E-state index is 0.799. The molecule has 146 valence electrons. The minimum Gasteiger partial charge on any atom is -0.494 e. The lowest BCUT2D eigenvalue weighted by molar-refractivity contribution is 0.304. The van der Waals surface area contributed by atoms with Crippen LogP contribution in [-0.4, -0.2) is 11.8 Å². The fourth-order valence-corrected chi connectivity index (χ4v) is 3.26. The SMILES string of the molecule is CCCCCCCCCCCCCCCCOc1ccc(N=C=S)cc1. The maximum atomic E-state index is 5.76. The van der Waals surface area contributed by atoms with E-state index in [1.807, 2.05) is 24.3 Å². The van der Waals surface area contributed by atoms with E-state index in [4.69, 9.17) is 4.74 Å². The highest BCUT2D eigenvalue weighted by atomic mass is 32.1. The zero-order valence-corrected chi connectivity index (χ0v) is 17.5. The topological polar surface area (TPSA) is 21.6 Å². The summed E-state index contributed by atoms with van der Waals surface area (Å²) in [6.07, 6.45) is 19.3. The molecule has 0 unspecified atom stereocenters. The first-order valence-corrected chi connectivity index (χ1v) is 11.1. The number of hydrogen-bond donors (Lipinski definition) is 0. The Hall–Kier alpha value is -1.18. The van der Waals surface area contributed by atoms with Gasteiger partial charge < -0.3 is 4.74 Å². The molecule has 0 bridgehead atoms. The summed E-state index contributed by atoms with van der Waals surface area (Å²) in [7, 11) is 0. The van der Waals surface area contributed by atoms with Crippen LogP contribution in [0.15, 0.2) is 29.3 Å². The van der Waals surface area contributed by atoms with Gasteiger partial charge in [-0.3, -0.25) is 0 Å². The maximum absolute atomic E-state index is 5.76. The molecule has 1 aromatic rings. The van der Waals surface area contributed by atoms with Gasteiger partial charge in [0.15, 0.2) is 0 Å². The predicted octanol–water partition coefficient (Wildman–Crippen LogP) is 8.28. The third-order valence-corrected chi connectivity index (χ3v) is 4.87. The van der Waals surface area contributed by atoms with Crippen LogP contribution in [0.4, 0.5) is 5.69 Å². The number of ether oxygens (including phenoxy) is 1. The van der Waals surface area contributed by atoms with E-state index >= 15 is 0 Å². The van der Waals surface area contributed by atoms with Crippen LogP contribution in [0.5, 0.6) is 5.75 Å². The van der Waals surface area contributed by atoms with E-state index in [0.717, 1.165) is 24.5 Å². The molecular weight excluding hydrogens is 338 g/mol. The van der Waals surface area contributed by atoms with Gasteiger partial charge >= 0.3 is 0 Å². The van der Waals surface area contributed by atoms with Crippen molar-refractivity contribution >= 4 is 23.1 Å². The fraction of sp³-hybridized carbons (Fsp3) is 0.696. The van der Waals surface area contributed by atoms with Crippen LogP contribution < -0.4 is 4.74 Å². The van der Waals surface area contributed by atoms with Gasteiger partial charge in [-0.15, -0.1) is 0 Å². The molecule has 0 N–H and O–H groups in total. The van der Waals surface area contributed by atoms with Crippen LogP contribution >= 0.6 is 12.2 Å². The number of benzene rings is 1. The van der Waals surface area contributed by atoms with Gasteiger partial charge in [-0.25, -0.2) is 0 Å². The number of nitrogens with zero attached hydrogens (tertiary/aromatic N) is 1. The second-order valence-electron chi connectivity index (χ2n) is 7.14. The lowest BCUT2D eigenvalue weighted by atomic mass is 10.0. The largest absolute Gasteiger partial charge is 0.494 e. The van der Waals surface area contributed by atoms with Gasteiger partial charge in [0, 0.05) is 0 Å². The monoisotopic (exact) mass is 375 g/mol. The summed E-state index contributed by atoms with van der Waals surface area (Å²) >= 11 is 4.59. The number of thiocarbonyl (C=S) groups is 1. The highest BCUT2D eigenvalue weighted by molar-refractivity contribution is 7.78. The fourth-order valence-electron chi connectivity index (χ4n) is 3.16. The normalized spacial score (nSPS) is 10.5. The lowest BCUT2D eigenvalue weighted by Crippen LogP contribution is -1.96. The number of isothiocyanates is 1. The molecule has 0 atom stereocenters. The quantitative estimate of drug-likeness (QED) is 0.155. The summed E-state index contributed by atoms with van der Waals surface area (Å²) in [6.45, 7) is 3.08. The molecule has 0 aromatic heterocycles. The van der Waals surface area contributed by atoms with Crippen molar-refractivity contribution in [3.63, 3.8) is 0 Å². The first kappa shape index (κ1) is 22.9. The molecule has 0 saturated heterocycles. The Bertz CT molecular complexity index is 479. The molecule has 0 fully saturated rings. The first-order chi connectivity index (χ1) is 12.9. The zero-order chi connectivity index (χ0) is 18.7. The molecule has 0 spiro atoms. The Morgan fingerprint density at radius 2 is 1.19 bits per heavy atom. The minimum absolute atomic E-state index is 0.799. The predicted molar refractivity (Wildman–Crippen MR) is 117 cm³/mol. The highest BCUT2D eigenvalue weighted by Gasteiger charge is 1.96. The Balaban J connectivity index is 1.82. The van der Waals surface area contributed by atoms with E-state index in [1.165, 1.54) is 83.5 Å². The molecule has 0 aliphatic carbocycles. The molecule has 26 heavy (non-hydrogen) atoms. The van der Waals surface area contributed by atoms with Crippen molar-refractivity contribution in [1.82, 2.24) is 0 Å². The third-order valence-electron chi connectivity index (χ3n) is 4.78. The number of rotatable bonds is 17. The van der Waals surface area contributed by atoms with Gasteiger partial charge in [0.05, 0.1) is 17.5 Å². The molecular formula is C23H37NOS. The van der Waals surface area contributed by atoms with Crippen molar-refractivity contribution in [3.05, 3.63) is 24.3 Å². The van der Waals surface area contributed by atoms with Gasteiger partial charge in [-0.05, 0) is 42.9 Å². The van der Waals surface area contributed by atoms with Gasteiger partial charge in [0.1, 0.15) is 5.75 Å². The Labute approximate surface area is 166 Å². The average Bonchev–Trinajstić information content (AvgIpc) is 2.66. The van der Waals surface area contributed by atoms with Crippen molar-refractivity contribution in [2.75, 3.05) is 6.61 Å². The van der Waals surface area contributed by atoms with E-state index in [-0.39, 0.29) is 0 Å². The van der Waals surface area contributed by atoms with Crippen LogP contribution in [0, 0.1) is 0 Å². The van der Waals surface area contributed by atoms with Crippen molar-refractivity contribution in [2.45, 2.75) is 96.8 Å². The van der Waals surface area contributed by atoms with Crippen molar-refractivity contribution in [3.8, 4) is 5.75 Å². The van der Waals surface area contributed by atoms with E-state index in [2.05, 4.69) is 29.3 Å². The first-order valence-electron chi connectivity index (χ1n) is 10.7. The average molecular weight is 376 g/mol. The molecule has 1 aromatic carbocycles. The van der Waals surface area contributed by atoms with Crippen LogP contribution in [-0.2, 0) is 0 Å². The number of hydrogen-bond acceptors (Lipinski definition) is 3. The summed E-state index contributed by atoms with van der Waals surface area (Å²) in [4.78, 5) is 3.93. The Morgan fingerprint density at radius 3 is 1.65 bits per heavy atom. The lowest BCUT2D eigenvalue weighted by Gasteiger charge is -2.06. The Kier molecular flexibility index (Phi) is 15.2. The smallest absolute Gasteiger partial charge is 0.119 e. The van der Waals surface area contributed by atoms with Crippen LogP contribution in [0.25, 0.3) is 0 Å². The number of aliphatic imine (C=N–C) groups is 1. The molecule has 2 nitrogen and oxygen atoms in total. The van der Waals surface area contributed by atoms with E-state index < -0.39 is 0 Å². The summed E-state index contributed by atoms with van der Waals surface area (Å²) in [5.74, 6) is 0.906. The van der Waals surface area contributed by atoms with Gasteiger partial charge in [-0.1, -0.05) is 90.4 Å². The number of unbranched alkanes of at least 4 members (excludes halogenated alkanes) is 13. The molecule has 1 rings (SSSR count). The van der Waals surface area contributed by atoms with E-state index in [0.29, 0.717) is 0 Å². The van der Waals surface area contributed by atoms with Crippen LogP contribution in [0.3, 0.4) is 0 Å². The van der Waals surface area contributed by atoms with E-state index in [9.17, 15) is 0 Å². The van der Waals surface area contributed by atoms with E-state index in [1.54, 1.807) is 0 Å². The molecule has 3 heteroatoms. The van der Waals surface area contributed by atoms with Crippen molar-refractivity contribution in [2.24, 2.45) is 4.99 Å². The van der Waals surface area contributed by atoms with Crippen LogP contribution in [0.1, 0.15) is 96.8 Å².